The Hall–Kier alpha value is -2.08. The lowest BCUT2D eigenvalue weighted by atomic mass is 10.0. The number of thiazole rings is 1. The molecule has 0 atom stereocenters. The van der Waals surface area contributed by atoms with Crippen LogP contribution in [-0.4, -0.2) is 35.6 Å². The number of piperidine rings is 1. The Morgan fingerprint density at radius 2 is 1.79 bits per heavy atom. The van der Waals surface area contributed by atoms with Crippen molar-refractivity contribution in [2.45, 2.75) is 31.8 Å². The SMILES string of the molecule is Fc1ccccc1-c1csc(CNC2CCN(CCc3ccccc3)CC2)n1. The second kappa shape index (κ2) is 9.41. The summed E-state index contributed by atoms with van der Waals surface area (Å²) < 4.78 is 13.9. The maximum absolute atomic E-state index is 13.9. The molecule has 1 fully saturated rings. The van der Waals surface area contributed by atoms with E-state index in [2.05, 4.69) is 45.5 Å². The Balaban J connectivity index is 1.21. The van der Waals surface area contributed by atoms with Gasteiger partial charge >= 0.3 is 0 Å². The van der Waals surface area contributed by atoms with Gasteiger partial charge in [-0.3, -0.25) is 0 Å². The van der Waals surface area contributed by atoms with Crippen LogP contribution < -0.4 is 5.32 Å². The van der Waals surface area contributed by atoms with Crippen LogP contribution in [-0.2, 0) is 13.0 Å². The molecule has 0 saturated carbocycles. The van der Waals surface area contributed by atoms with Crippen molar-refractivity contribution in [3.8, 4) is 11.3 Å². The van der Waals surface area contributed by atoms with Crippen LogP contribution in [0, 0.1) is 5.82 Å². The first-order valence-electron chi connectivity index (χ1n) is 9.97. The van der Waals surface area contributed by atoms with Crippen molar-refractivity contribution in [1.82, 2.24) is 15.2 Å². The fraction of sp³-hybridized carbons (Fsp3) is 0.348. The van der Waals surface area contributed by atoms with E-state index in [1.165, 1.54) is 24.5 Å². The minimum atomic E-state index is -0.213. The molecule has 1 aliphatic heterocycles. The highest BCUT2D eigenvalue weighted by molar-refractivity contribution is 7.09. The maximum atomic E-state index is 13.9. The minimum Gasteiger partial charge on any atom is -0.308 e. The molecular weight excluding hydrogens is 369 g/mol. The molecule has 0 unspecified atom stereocenters. The summed E-state index contributed by atoms with van der Waals surface area (Å²) in [6, 6.07) is 18.1. The first kappa shape index (κ1) is 19.2. The van der Waals surface area contributed by atoms with Gasteiger partial charge in [0.25, 0.3) is 0 Å². The predicted molar refractivity (Wildman–Crippen MR) is 114 cm³/mol. The third-order valence-corrected chi connectivity index (χ3v) is 6.24. The monoisotopic (exact) mass is 395 g/mol. The standard InChI is InChI=1S/C23H26FN3S/c24-21-9-5-4-8-20(21)22-17-28-23(26-22)16-25-19-11-14-27(15-12-19)13-10-18-6-2-1-3-7-18/h1-9,17,19,25H,10-16H2. The summed E-state index contributed by atoms with van der Waals surface area (Å²) in [5, 5.41) is 6.60. The first-order chi connectivity index (χ1) is 13.8. The fourth-order valence-electron chi connectivity index (χ4n) is 3.71. The maximum Gasteiger partial charge on any atom is 0.132 e. The first-order valence-corrected chi connectivity index (χ1v) is 10.8. The van der Waals surface area contributed by atoms with Crippen molar-refractivity contribution in [2.75, 3.05) is 19.6 Å². The second-order valence-corrected chi connectivity index (χ2v) is 8.28. The van der Waals surface area contributed by atoms with E-state index in [4.69, 9.17) is 0 Å². The molecule has 1 aliphatic rings. The number of likely N-dealkylation sites (tertiary alicyclic amines) is 1. The number of nitrogens with zero attached hydrogens (tertiary/aromatic N) is 2. The van der Waals surface area contributed by atoms with Crippen molar-refractivity contribution >= 4 is 11.3 Å². The molecule has 2 heterocycles. The molecule has 3 nitrogen and oxygen atoms in total. The molecule has 0 radical (unpaired) electrons. The average molecular weight is 396 g/mol. The molecule has 3 aromatic rings. The largest absolute Gasteiger partial charge is 0.308 e. The topological polar surface area (TPSA) is 28.2 Å². The number of rotatable bonds is 7. The zero-order valence-corrected chi connectivity index (χ0v) is 16.8. The fourth-order valence-corrected chi connectivity index (χ4v) is 4.45. The summed E-state index contributed by atoms with van der Waals surface area (Å²) in [6.07, 6.45) is 3.46. The smallest absolute Gasteiger partial charge is 0.132 e. The highest BCUT2D eigenvalue weighted by Gasteiger charge is 2.19. The number of hydrogen-bond donors (Lipinski definition) is 1. The normalized spacial score (nSPS) is 15.8. The van der Waals surface area contributed by atoms with Crippen LogP contribution in [0.3, 0.4) is 0 Å². The zero-order valence-electron chi connectivity index (χ0n) is 16.0. The molecule has 0 spiro atoms. The van der Waals surface area contributed by atoms with E-state index in [9.17, 15) is 4.39 Å². The molecule has 0 amide bonds. The number of aromatic nitrogens is 1. The van der Waals surface area contributed by atoms with Gasteiger partial charge in [-0.1, -0.05) is 42.5 Å². The van der Waals surface area contributed by atoms with Crippen LogP contribution in [0.2, 0.25) is 0 Å². The van der Waals surface area contributed by atoms with E-state index in [1.54, 1.807) is 23.5 Å². The Labute approximate surface area is 170 Å². The molecule has 4 rings (SSSR count). The van der Waals surface area contributed by atoms with E-state index in [0.29, 0.717) is 11.6 Å². The van der Waals surface area contributed by atoms with Crippen LogP contribution in [0.4, 0.5) is 4.39 Å². The molecular formula is C23H26FN3S. The van der Waals surface area contributed by atoms with Gasteiger partial charge in [0.05, 0.1) is 5.69 Å². The van der Waals surface area contributed by atoms with E-state index >= 15 is 0 Å². The quantitative estimate of drug-likeness (QED) is 0.626. The number of nitrogens with one attached hydrogen (secondary N) is 1. The molecule has 2 aromatic carbocycles. The van der Waals surface area contributed by atoms with Crippen LogP contribution in [0.1, 0.15) is 23.4 Å². The predicted octanol–water partition coefficient (Wildman–Crippen LogP) is 4.75. The Morgan fingerprint density at radius 3 is 2.57 bits per heavy atom. The van der Waals surface area contributed by atoms with Crippen LogP contribution in [0.15, 0.2) is 60.0 Å². The van der Waals surface area contributed by atoms with Crippen molar-refractivity contribution in [3.63, 3.8) is 0 Å². The van der Waals surface area contributed by atoms with E-state index in [0.717, 1.165) is 43.3 Å². The molecule has 0 aliphatic carbocycles. The van der Waals surface area contributed by atoms with Gasteiger partial charge in [-0.25, -0.2) is 9.37 Å². The number of halogens is 1. The summed E-state index contributed by atoms with van der Waals surface area (Å²) in [6.45, 7) is 4.18. The molecule has 28 heavy (non-hydrogen) atoms. The summed E-state index contributed by atoms with van der Waals surface area (Å²) in [7, 11) is 0. The number of hydrogen-bond acceptors (Lipinski definition) is 4. The third kappa shape index (κ3) is 5.04. The van der Waals surface area contributed by atoms with Gasteiger partial charge in [-0.15, -0.1) is 11.3 Å². The minimum absolute atomic E-state index is 0.213. The Kier molecular flexibility index (Phi) is 6.47. The van der Waals surface area contributed by atoms with Crippen molar-refractivity contribution < 1.29 is 4.39 Å². The van der Waals surface area contributed by atoms with E-state index < -0.39 is 0 Å². The second-order valence-electron chi connectivity index (χ2n) is 7.34. The zero-order chi connectivity index (χ0) is 19.2. The van der Waals surface area contributed by atoms with Gasteiger partial charge in [0.15, 0.2) is 0 Å². The lowest BCUT2D eigenvalue weighted by Crippen LogP contribution is -2.42. The number of benzene rings is 2. The summed E-state index contributed by atoms with van der Waals surface area (Å²) in [5.41, 5.74) is 2.73. The van der Waals surface area contributed by atoms with E-state index in [1.807, 2.05) is 11.4 Å². The molecule has 5 heteroatoms. The van der Waals surface area contributed by atoms with Gasteiger partial charge in [0.1, 0.15) is 10.8 Å². The average Bonchev–Trinajstić information content (AvgIpc) is 3.21. The van der Waals surface area contributed by atoms with Crippen LogP contribution in [0.25, 0.3) is 11.3 Å². The van der Waals surface area contributed by atoms with Crippen molar-refractivity contribution in [3.05, 3.63) is 76.4 Å². The molecule has 1 N–H and O–H groups in total. The summed E-state index contributed by atoms with van der Waals surface area (Å²) in [5.74, 6) is -0.213. The molecule has 1 saturated heterocycles. The van der Waals surface area contributed by atoms with Gasteiger partial charge < -0.3 is 10.2 Å². The summed E-state index contributed by atoms with van der Waals surface area (Å²) >= 11 is 1.60. The van der Waals surface area contributed by atoms with Gasteiger partial charge in [0.2, 0.25) is 0 Å². The van der Waals surface area contributed by atoms with Gasteiger partial charge in [-0.2, -0.15) is 0 Å². The molecule has 146 valence electrons. The van der Waals surface area contributed by atoms with Crippen molar-refractivity contribution in [1.29, 1.82) is 0 Å². The Bertz CT molecular complexity index is 872. The van der Waals surface area contributed by atoms with Crippen LogP contribution in [0.5, 0.6) is 0 Å². The third-order valence-electron chi connectivity index (χ3n) is 5.39. The molecule has 1 aromatic heterocycles. The lowest BCUT2D eigenvalue weighted by Gasteiger charge is -2.32. The lowest BCUT2D eigenvalue weighted by molar-refractivity contribution is 0.199. The summed E-state index contributed by atoms with van der Waals surface area (Å²) in [4.78, 5) is 7.17. The Morgan fingerprint density at radius 1 is 1.04 bits per heavy atom. The van der Waals surface area contributed by atoms with E-state index in [-0.39, 0.29) is 5.82 Å². The molecule has 0 bridgehead atoms. The van der Waals surface area contributed by atoms with Gasteiger partial charge in [0, 0.05) is 30.1 Å². The highest BCUT2D eigenvalue weighted by atomic mass is 32.1. The van der Waals surface area contributed by atoms with Crippen molar-refractivity contribution in [2.24, 2.45) is 0 Å². The van der Waals surface area contributed by atoms with Gasteiger partial charge in [-0.05, 0) is 50.0 Å². The van der Waals surface area contributed by atoms with Crippen LogP contribution >= 0.6 is 11.3 Å². The highest BCUT2D eigenvalue weighted by Crippen LogP contribution is 2.24.